The monoisotopic (exact) mass is 298 g/mol. The predicted molar refractivity (Wildman–Crippen MR) is 75.3 cm³/mol. The molecule has 0 unspecified atom stereocenters. The van der Waals surface area contributed by atoms with Crippen LogP contribution >= 0.6 is 23.2 Å². The van der Waals surface area contributed by atoms with Gasteiger partial charge in [0.25, 0.3) is 0 Å². The van der Waals surface area contributed by atoms with E-state index in [9.17, 15) is 4.39 Å². The second kappa shape index (κ2) is 5.06. The number of benzene rings is 1. The molecule has 0 saturated heterocycles. The van der Waals surface area contributed by atoms with Crippen LogP contribution in [0.4, 0.5) is 4.39 Å². The van der Waals surface area contributed by atoms with Gasteiger partial charge in [-0.1, -0.05) is 35.3 Å². The van der Waals surface area contributed by atoms with E-state index >= 15 is 0 Å². The van der Waals surface area contributed by atoms with Gasteiger partial charge in [-0.2, -0.15) is 0 Å². The van der Waals surface area contributed by atoms with Crippen molar-refractivity contribution in [2.75, 3.05) is 0 Å². The van der Waals surface area contributed by atoms with E-state index in [1.165, 1.54) is 12.1 Å². The van der Waals surface area contributed by atoms with E-state index in [1.54, 1.807) is 19.1 Å². The van der Waals surface area contributed by atoms with Crippen molar-refractivity contribution in [1.82, 2.24) is 9.97 Å². The third-order valence-electron chi connectivity index (χ3n) is 3.15. The standard InChI is InChI=1S/C14H13Cl2FN2/c1-8-11(15)18-13(19-12(8)16)14(2,3)9-4-6-10(17)7-5-9/h4-7H,1-3H3. The van der Waals surface area contributed by atoms with Crippen LogP contribution in [0.2, 0.25) is 10.3 Å². The maximum Gasteiger partial charge on any atom is 0.141 e. The van der Waals surface area contributed by atoms with Gasteiger partial charge in [-0.3, -0.25) is 0 Å². The summed E-state index contributed by atoms with van der Waals surface area (Å²) in [5.74, 6) is 0.236. The minimum atomic E-state index is -0.505. The van der Waals surface area contributed by atoms with E-state index in [0.717, 1.165) is 5.56 Å². The number of hydrogen-bond donors (Lipinski definition) is 0. The van der Waals surface area contributed by atoms with Gasteiger partial charge in [-0.05, 0) is 38.5 Å². The fourth-order valence-corrected chi connectivity index (χ4v) is 2.13. The smallest absolute Gasteiger partial charge is 0.141 e. The molecule has 0 aliphatic carbocycles. The molecule has 19 heavy (non-hydrogen) atoms. The van der Waals surface area contributed by atoms with Crippen molar-refractivity contribution >= 4 is 23.2 Å². The summed E-state index contributed by atoms with van der Waals surface area (Å²) >= 11 is 12.1. The summed E-state index contributed by atoms with van der Waals surface area (Å²) in [6.45, 7) is 5.65. The average molecular weight is 299 g/mol. The van der Waals surface area contributed by atoms with Gasteiger partial charge >= 0.3 is 0 Å². The van der Waals surface area contributed by atoms with Gasteiger partial charge in [0.05, 0.1) is 0 Å². The highest BCUT2D eigenvalue weighted by atomic mass is 35.5. The molecule has 5 heteroatoms. The Kier molecular flexibility index (Phi) is 3.79. The highest BCUT2D eigenvalue weighted by molar-refractivity contribution is 6.34. The molecule has 2 rings (SSSR count). The fraction of sp³-hybridized carbons (Fsp3) is 0.286. The van der Waals surface area contributed by atoms with Gasteiger partial charge in [0.2, 0.25) is 0 Å². The highest BCUT2D eigenvalue weighted by Crippen LogP contribution is 2.32. The van der Waals surface area contributed by atoms with Crippen LogP contribution in [0.5, 0.6) is 0 Å². The normalized spacial score (nSPS) is 11.7. The lowest BCUT2D eigenvalue weighted by Crippen LogP contribution is -2.23. The van der Waals surface area contributed by atoms with Crippen LogP contribution in [0.1, 0.15) is 30.8 Å². The van der Waals surface area contributed by atoms with Crippen molar-refractivity contribution in [3.8, 4) is 0 Å². The Labute approximate surface area is 121 Å². The van der Waals surface area contributed by atoms with Crippen molar-refractivity contribution in [1.29, 1.82) is 0 Å². The van der Waals surface area contributed by atoms with Crippen molar-refractivity contribution in [3.05, 3.63) is 57.3 Å². The molecule has 0 aliphatic heterocycles. The van der Waals surface area contributed by atoms with Crippen LogP contribution in [0.25, 0.3) is 0 Å². The van der Waals surface area contributed by atoms with E-state index in [-0.39, 0.29) is 5.82 Å². The van der Waals surface area contributed by atoms with E-state index in [4.69, 9.17) is 23.2 Å². The Morgan fingerprint density at radius 1 is 1.00 bits per heavy atom. The summed E-state index contributed by atoms with van der Waals surface area (Å²) in [6.07, 6.45) is 0. The topological polar surface area (TPSA) is 25.8 Å². The van der Waals surface area contributed by atoms with Crippen molar-refractivity contribution in [2.45, 2.75) is 26.2 Å². The van der Waals surface area contributed by atoms with Gasteiger partial charge in [-0.15, -0.1) is 0 Å². The molecule has 0 spiro atoms. The average Bonchev–Trinajstić information content (AvgIpc) is 2.35. The third-order valence-corrected chi connectivity index (χ3v) is 3.89. The summed E-state index contributed by atoms with van der Waals surface area (Å²) < 4.78 is 13.0. The van der Waals surface area contributed by atoms with Gasteiger partial charge in [0.1, 0.15) is 21.9 Å². The van der Waals surface area contributed by atoms with Crippen molar-refractivity contribution < 1.29 is 4.39 Å². The highest BCUT2D eigenvalue weighted by Gasteiger charge is 2.27. The lowest BCUT2D eigenvalue weighted by atomic mass is 9.84. The van der Waals surface area contributed by atoms with Gasteiger partial charge < -0.3 is 0 Å². The molecule has 0 saturated carbocycles. The van der Waals surface area contributed by atoms with Gasteiger partial charge in [0, 0.05) is 11.0 Å². The van der Waals surface area contributed by atoms with Crippen LogP contribution in [0.3, 0.4) is 0 Å². The molecule has 0 radical (unpaired) electrons. The van der Waals surface area contributed by atoms with Crippen LogP contribution in [0, 0.1) is 12.7 Å². The molecule has 100 valence electrons. The second-order valence-corrected chi connectivity index (χ2v) is 5.60. The van der Waals surface area contributed by atoms with E-state index < -0.39 is 5.41 Å². The number of aromatic nitrogens is 2. The minimum absolute atomic E-state index is 0.277. The molecule has 0 N–H and O–H groups in total. The lowest BCUT2D eigenvalue weighted by molar-refractivity contribution is 0.582. The summed E-state index contributed by atoms with van der Waals surface area (Å²) in [5.41, 5.74) is 1.04. The Hall–Kier alpha value is -1.19. The number of rotatable bonds is 2. The number of nitrogens with zero attached hydrogens (tertiary/aromatic N) is 2. The fourth-order valence-electron chi connectivity index (χ4n) is 1.74. The molecule has 0 bridgehead atoms. The maximum atomic E-state index is 13.0. The summed E-state index contributed by atoms with van der Waals surface area (Å²) in [7, 11) is 0. The van der Waals surface area contributed by atoms with Crippen LogP contribution in [0.15, 0.2) is 24.3 Å². The largest absolute Gasteiger partial charge is 0.220 e. The van der Waals surface area contributed by atoms with Gasteiger partial charge in [-0.25, -0.2) is 14.4 Å². The van der Waals surface area contributed by atoms with Crippen molar-refractivity contribution in [3.63, 3.8) is 0 Å². The molecule has 1 aromatic heterocycles. The number of hydrogen-bond acceptors (Lipinski definition) is 2. The molecule has 2 aromatic rings. The molecular formula is C14H13Cl2FN2. The molecule has 0 fully saturated rings. The summed E-state index contributed by atoms with van der Waals surface area (Å²) in [5, 5.41) is 0.676. The Balaban J connectivity index is 2.52. The Bertz CT molecular complexity index is 586. The molecule has 0 aliphatic rings. The molecular weight excluding hydrogens is 286 g/mol. The van der Waals surface area contributed by atoms with Crippen molar-refractivity contribution in [2.24, 2.45) is 0 Å². The quantitative estimate of drug-likeness (QED) is 0.760. The summed E-state index contributed by atoms with van der Waals surface area (Å²) in [4.78, 5) is 8.56. The number of halogens is 3. The Morgan fingerprint density at radius 2 is 1.47 bits per heavy atom. The molecule has 1 heterocycles. The SMILES string of the molecule is Cc1c(Cl)nc(C(C)(C)c2ccc(F)cc2)nc1Cl. The third kappa shape index (κ3) is 2.72. The van der Waals surface area contributed by atoms with Crippen LogP contribution in [-0.4, -0.2) is 9.97 Å². The first-order chi connectivity index (χ1) is 8.82. The van der Waals surface area contributed by atoms with E-state index in [0.29, 0.717) is 21.7 Å². The minimum Gasteiger partial charge on any atom is -0.220 e. The zero-order chi connectivity index (χ0) is 14.2. The molecule has 1 aromatic carbocycles. The first-order valence-corrected chi connectivity index (χ1v) is 6.54. The zero-order valence-corrected chi connectivity index (χ0v) is 12.3. The zero-order valence-electron chi connectivity index (χ0n) is 10.8. The lowest BCUT2D eigenvalue weighted by Gasteiger charge is -2.24. The second-order valence-electron chi connectivity index (χ2n) is 4.89. The summed E-state index contributed by atoms with van der Waals surface area (Å²) in [6, 6.07) is 6.24. The van der Waals surface area contributed by atoms with E-state index in [2.05, 4.69) is 9.97 Å². The molecule has 2 nitrogen and oxygen atoms in total. The molecule has 0 atom stereocenters. The Morgan fingerprint density at radius 3 is 1.95 bits per heavy atom. The van der Waals surface area contributed by atoms with Gasteiger partial charge in [0.15, 0.2) is 0 Å². The molecule has 0 amide bonds. The predicted octanol–water partition coefficient (Wildman–Crippen LogP) is 4.56. The maximum absolute atomic E-state index is 13.0. The first kappa shape index (κ1) is 14.2. The van der Waals surface area contributed by atoms with Crippen LogP contribution < -0.4 is 0 Å². The first-order valence-electron chi connectivity index (χ1n) is 5.78. The van der Waals surface area contributed by atoms with E-state index in [1.807, 2.05) is 13.8 Å². The van der Waals surface area contributed by atoms with Crippen LogP contribution in [-0.2, 0) is 5.41 Å².